The molecule has 0 radical (unpaired) electrons. The van der Waals surface area contributed by atoms with Crippen molar-refractivity contribution in [2.24, 2.45) is 0 Å². The Morgan fingerprint density at radius 1 is 1.16 bits per heavy atom. The van der Waals surface area contributed by atoms with Gasteiger partial charge >= 0.3 is 0 Å². The van der Waals surface area contributed by atoms with Crippen LogP contribution < -0.4 is 20.1 Å². The lowest BCUT2D eigenvalue weighted by Crippen LogP contribution is -2.28. The van der Waals surface area contributed by atoms with E-state index in [0.717, 1.165) is 41.8 Å². The van der Waals surface area contributed by atoms with E-state index in [4.69, 9.17) is 9.47 Å². The van der Waals surface area contributed by atoms with Gasteiger partial charge in [-0.3, -0.25) is 4.79 Å². The molecular weight excluding hydrogens is 316 g/mol. The molecule has 1 amide bonds. The minimum absolute atomic E-state index is 0.0529. The van der Waals surface area contributed by atoms with Crippen molar-refractivity contribution in [1.82, 2.24) is 5.32 Å². The van der Waals surface area contributed by atoms with Gasteiger partial charge in [-0.15, -0.1) is 0 Å². The number of ether oxygens (including phenoxy) is 2. The van der Waals surface area contributed by atoms with Gasteiger partial charge in [-0.1, -0.05) is 12.1 Å². The number of carbonyl (C=O) groups excluding carboxylic acids is 1. The number of methoxy groups -OCH3 is 2. The average Bonchev–Trinajstić information content (AvgIpc) is 2.66. The van der Waals surface area contributed by atoms with Gasteiger partial charge in [0.2, 0.25) is 0 Å². The molecular formula is C20H24N2O3. The van der Waals surface area contributed by atoms with Crippen molar-refractivity contribution in [2.75, 3.05) is 26.1 Å². The highest BCUT2D eigenvalue weighted by molar-refractivity contribution is 5.97. The van der Waals surface area contributed by atoms with E-state index < -0.39 is 0 Å². The first-order valence-corrected chi connectivity index (χ1v) is 8.52. The molecule has 0 aromatic heterocycles. The summed E-state index contributed by atoms with van der Waals surface area (Å²) in [6.45, 7) is 2.92. The van der Waals surface area contributed by atoms with Gasteiger partial charge in [-0.25, -0.2) is 0 Å². The normalized spacial score (nSPS) is 14.0. The van der Waals surface area contributed by atoms with E-state index in [-0.39, 0.29) is 11.9 Å². The summed E-state index contributed by atoms with van der Waals surface area (Å²) >= 11 is 0. The van der Waals surface area contributed by atoms with E-state index in [0.29, 0.717) is 11.5 Å². The number of rotatable bonds is 5. The summed E-state index contributed by atoms with van der Waals surface area (Å²) in [7, 11) is 3.21. The van der Waals surface area contributed by atoms with Crippen molar-refractivity contribution in [2.45, 2.75) is 25.8 Å². The fourth-order valence-electron chi connectivity index (χ4n) is 3.20. The average molecular weight is 340 g/mol. The van der Waals surface area contributed by atoms with E-state index in [1.165, 1.54) is 0 Å². The zero-order chi connectivity index (χ0) is 17.8. The largest absolute Gasteiger partial charge is 0.493 e. The van der Waals surface area contributed by atoms with Crippen molar-refractivity contribution in [1.29, 1.82) is 0 Å². The third kappa shape index (κ3) is 3.55. The molecule has 5 nitrogen and oxygen atoms in total. The lowest BCUT2D eigenvalue weighted by Gasteiger charge is -2.22. The van der Waals surface area contributed by atoms with Crippen LogP contribution in [-0.2, 0) is 6.42 Å². The third-order valence-corrected chi connectivity index (χ3v) is 4.59. The van der Waals surface area contributed by atoms with Crippen LogP contribution >= 0.6 is 0 Å². The topological polar surface area (TPSA) is 59.6 Å². The molecule has 0 aliphatic carbocycles. The van der Waals surface area contributed by atoms with E-state index in [1.54, 1.807) is 14.2 Å². The molecule has 1 heterocycles. The van der Waals surface area contributed by atoms with E-state index in [9.17, 15) is 4.79 Å². The molecule has 0 bridgehead atoms. The molecule has 0 fully saturated rings. The number of hydrogen-bond acceptors (Lipinski definition) is 4. The fraction of sp³-hybridized carbons (Fsp3) is 0.350. The van der Waals surface area contributed by atoms with Crippen LogP contribution in [0.5, 0.6) is 11.5 Å². The first-order valence-electron chi connectivity index (χ1n) is 8.52. The number of anilines is 1. The minimum Gasteiger partial charge on any atom is -0.493 e. The molecule has 3 rings (SSSR count). The summed E-state index contributed by atoms with van der Waals surface area (Å²) < 4.78 is 10.6. The maximum Gasteiger partial charge on any atom is 0.252 e. The molecule has 2 aromatic rings. The van der Waals surface area contributed by atoms with Crippen LogP contribution in [0, 0.1) is 0 Å². The molecule has 25 heavy (non-hydrogen) atoms. The Labute approximate surface area is 148 Å². The smallest absolute Gasteiger partial charge is 0.252 e. The zero-order valence-electron chi connectivity index (χ0n) is 14.9. The molecule has 1 unspecified atom stereocenters. The van der Waals surface area contributed by atoms with Crippen LogP contribution in [0.2, 0.25) is 0 Å². The quantitative estimate of drug-likeness (QED) is 0.874. The van der Waals surface area contributed by atoms with Crippen LogP contribution in [0.3, 0.4) is 0 Å². The second kappa shape index (κ2) is 7.47. The van der Waals surface area contributed by atoms with E-state index in [1.807, 2.05) is 43.3 Å². The maximum absolute atomic E-state index is 12.8. The van der Waals surface area contributed by atoms with Crippen molar-refractivity contribution < 1.29 is 14.3 Å². The van der Waals surface area contributed by atoms with Gasteiger partial charge in [0.05, 0.1) is 20.3 Å². The number of carbonyl (C=O) groups is 1. The van der Waals surface area contributed by atoms with E-state index in [2.05, 4.69) is 10.6 Å². The Bertz CT molecular complexity index is 774. The molecule has 2 aromatic carbocycles. The van der Waals surface area contributed by atoms with Gasteiger partial charge in [0.25, 0.3) is 5.91 Å². The van der Waals surface area contributed by atoms with E-state index >= 15 is 0 Å². The fourth-order valence-corrected chi connectivity index (χ4v) is 3.20. The van der Waals surface area contributed by atoms with Gasteiger partial charge in [0, 0.05) is 17.8 Å². The molecule has 5 heteroatoms. The number of nitrogens with one attached hydrogen (secondary N) is 2. The lowest BCUT2D eigenvalue weighted by molar-refractivity contribution is 0.0939. The summed E-state index contributed by atoms with van der Waals surface area (Å²) in [5.41, 5.74) is 3.88. The zero-order valence-corrected chi connectivity index (χ0v) is 14.9. The van der Waals surface area contributed by atoms with Crippen LogP contribution in [0.1, 0.15) is 40.9 Å². The Balaban J connectivity index is 1.79. The predicted octanol–water partition coefficient (Wildman–Crippen LogP) is 3.55. The summed E-state index contributed by atoms with van der Waals surface area (Å²) in [5, 5.41) is 6.45. The van der Waals surface area contributed by atoms with Crippen LogP contribution in [-0.4, -0.2) is 26.7 Å². The highest BCUT2D eigenvalue weighted by Crippen LogP contribution is 2.30. The maximum atomic E-state index is 12.8. The highest BCUT2D eigenvalue weighted by atomic mass is 16.5. The van der Waals surface area contributed by atoms with Gasteiger partial charge in [0.15, 0.2) is 11.5 Å². The molecule has 0 saturated carbocycles. The van der Waals surface area contributed by atoms with Crippen LogP contribution in [0.15, 0.2) is 36.4 Å². The molecule has 0 saturated heterocycles. The second-order valence-corrected chi connectivity index (χ2v) is 6.17. The number of fused-ring (bicyclic) bond motifs is 1. The Morgan fingerprint density at radius 2 is 1.96 bits per heavy atom. The van der Waals surface area contributed by atoms with Crippen molar-refractivity contribution >= 4 is 11.6 Å². The first-order chi connectivity index (χ1) is 12.1. The van der Waals surface area contributed by atoms with Gasteiger partial charge in [-0.2, -0.15) is 0 Å². The molecule has 0 spiro atoms. The van der Waals surface area contributed by atoms with Gasteiger partial charge in [-0.05, 0) is 55.2 Å². The number of benzene rings is 2. The highest BCUT2D eigenvalue weighted by Gasteiger charge is 2.19. The predicted molar refractivity (Wildman–Crippen MR) is 98.7 cm³/mol. The van der Waals surface area contributed by atoms with Crippen LogP contribution in [0.4, 0.5) is 5.69 Å². The van der Waals surface area contributed by atoms with Crippen molar-refractivity contribution in [3.63, 3.8) is 0 Å². The molecule has 1 aliphatic rings. The van der Waals surface area contributed by atoms with Crippen molar-refractivity contribution in [3.8, 4) is 11.5 Å². The monoisotopic (exact) mass is 340 g/mol. The molecule has 2 N–H and O–H groups in total. The second-order valence-electron chi connectivity index (χ2n) is 6.17. The Morgan fingerprint density at radius 3 is 2.72 bits per heavy atom. The summed E-state index contributed by atoms with van der Waals surface area (Å²) in [4.78, 5) is 12.8. The standard InChI is InChI=1S/C20H24N2O3/c1-13(14-9-10-18(24-2)19(12-14)25-3)22-20(23)16-6-4-8-17-15(16)7-5-11-21-17/h4,6,8-10,12-13,21H,5,7,11H2,1-3H3,(H,22,23). The lowest BCUT2D eigenvalue weighted by atomic mass is 9.96. The Kier molecular flexibility index (Phi) is 5.12. The molecule has 1 aliphatic heterocycles. The third-order valence-electron chi connectivity index (χ3n) is 4.59. The van der Waals surface area contributed by atoms with Gasteiger partial charge in [0.1, 0.15) is 0 Å². The Hall–Kier alpha value is -2.69. The molecule has 1 atom stereocenters. The summed E-state index contributed by atoms with van der Waals surface area (Å²) in [6, 6.07) is 11.4. The number of hydrogen-bond donors (Lipinski definition) is 2. The summed E-state index contributed by atoms with van der Waals surface area (Å²) in [6.07, 6.45) is 1.97. The molecule has 132 valence electrons. The van der Waals surface area contributed by atoms with Crippen LogP contribution in [0.25, 0.3) is 0 Å². The first kappa shape index (κ1) is 17.1. The van der Waals surface area contributed by atoms with Gasteiger partial charge < -0.3 is 20.1 Å². The van der Waals surface area contributed by atoms with Crippen molar-refractivity contribution in [3.05, 3.63) is 53.1 Å². The SMILES string of the molecule is COc1ccc(C(C)NC(=O)c2cccc3c2CCCN3)cc1OC. The number of amides is 1. The summed E-state index contributed by atoms with van der Waals surface area (Å²) in [5.74, 6) is 1.28. The minimum atomic E-state index is -0.139.